The lowest BCUT2D eigenvalue weighted by atomic mass is 9.98. The van der Waals surface area contributed by atoms with Crippen LogP contribution in [0.1, 0.15) is 33.1 Å². The van der Waals surface area contributed by atoms with Gasteiger partial charge in [0, 0.05) is 24.7 Å². The summed E-state index contributed by atoms with van der Waals surface area (Å²) in [6, 6.07) is 15.9. The molecule has 0 saturated carbocycles. The van der Waals surface area contributed by atoms with Gasteiger partial charge in [0.05, 0.1) is 0 Å². The first kappa shape index (κ1) is 13.8. The molecule has 2 N–H and O–H groups in total. The van der Waals surface area contributed by atoms with Crippen LogP contribution in [0.3, 0.4) is 0 Å². The van der Waals surface area contributed by atoms with Crippen molar-refractivity contribution in [3.05, 3.63) is 70.8 Å². The number of hydrogen-bond acceptors (Lipinski definition) is 2. The fourth-order valence-electron chi connectivity index (χ4n) is 2.80. The zero-order chi connectivity index (χ0) is 14.8. The Balaban J connectivity index is 1.74. The maximum absolute atomic E-state index is 12.5. The topological polar surface area (TPSA) is 46.3 Å². The van der Waals surface area contributed by atoms with E-state index in [9.17, 15) is 4.79 Å². The number of carbonyl (C=O) groups excluding carboxylic acids is 1. The molecule has 1 heterocycles. The van der Waals surface area contributed by atoms with E-state index in [0.29, 0.717) is 6.54 Å². The highest BCUT2D eigenvalue weighted by atomic mass is 16.2. The summed E-state index contributed by atoms with van der Waals surface area (Å²) in [5.74, 6) is 0.0967. The molecule has 2 aromatic rings. The molecule has 1 aliphatic heterocycles. The third-order valence-corrected chi connectivity index (χ3v) is 4.11. The van der Waals surface area contributed by atoms with Gasteiger partial charge in [0.2, 0.25) is 0 Å². The third kappa shape index (κ3) is 2.83. The molecule has 108 valence electrons. The molecule has 0 bridgehead atoms. The molecule has 3 nitrogen and oxygen atoms in total. The van der Waals surface area contributed by atoms with E-state index in [2.05, 4.69) is 19.1 Å². The lowest BCUT2D eigenvalue weighted by Gasteiger charge is -2.30. The Labute approximate surface area is 125 Å². The quantitative estimate of drug-likeness (QED) is 0.939. The zero-order valence-electron chi connectivity index (χ0n) is 12.3. The molecule has 0 aliphatic carbocycles. The van der Waals surface area contributed by atoms with E-state index in [1.807, 2.05) is 41.3 Å². The Morgan fingerprint density at radius 3 is 2.62 bits per heavy atom. The van der Waals surface area contributed by atoms with Crippen molar-refractivity contribution in [3.8, 4) is 0 Å². The van der Waals surface area contributed by atoms with Crippen molar-refractivity contribution in [2.24, 2.45) is 5.73 Å². The number of nitrogens with zero attached hydrogens (tertiary/aromatic N) is 1. The van der Waals surface area contributed by atoms with Gasteiger partial charge in [-0.2, -0.15) is 0 Å². The van der Waals surface area contributed by atoms with E-state index in [4.69, 9.17) is 5.73 Å². The minimum absolute atomic E-state index is 0.0967. The van der Waals surface area contributed by atoms with Gasteiger partial charge in [-0.1, -0.05) is 48.0 Å². The number of fused-ring (bicyclic) bond motifs is 1. The molecular formula is C18H20N2O. The molecule has 3 heteroatoms. The number of carbonyl (C=O) groups is 1. The van der Waals surface area contributed by atoms with Gasteiger partial charge in [0.1, 0.15) is 0 Å². The molecule has 0 radical (unpaired) electrons. The first-order valence-electron chi connectivity index (χ1n) is 7.34. The second-order valence-electron chi connectivity index (χ2n) is 5.68. The van der Waals surface area contributed by atoms with Crippen molar-refractivity contribution in [1.82, 2.24) is 4.90 Å². The van der Waals surface area contributed by atoms with Crippen LogP contribution >= 0.6 is 0 Å². The number of benzene rings is 2. The molecule has 1 amide bonds. The smallest absolute Gasteiger partial charge is 0.254 e. The lowest BCUT2D eigenvalue weighted by Crippen LogP contribution is -2.41. The number of rotatable bonds is 3. The standard InChI is InChI=1S/C18H20N2O/c1-13-6-8-15(9-7-13)17(19)12-20-11-10-14-4-2-3-5-16(14)18(20)21/h2-9,17H,10-12,19H2,1H3. The highest BCUT2D eigenvalue weighted by molar-refractivity contribution is 5.96. The maximum Gasteiger partial charge on any atom is 0.254 e. The van der Waals surface area contributed by atoms with Crippen molar-refractivity contribution in [2.75, 3.05) is 13.1 Å². The molecule has 0 fully saturated rings. The van der Waals surface area contributed by atoms with Crippen LogP contribution in [0.2, 0.25) is 0 Å². The molecule has 1 aliphatic rings. The predicted octanol–water partition coefficient (Wildman–Crippen LogP) is 2.69. The van der Waals surface area contributed by atoms with Gasteiger partial charge in [-0.25, -0.2) is 0 Å². The lowest BCUT2D eigenvalue weighted by molar-refractivity contribution is 0.0729. The van der Waals surface area contributed by atoms with Crippen molar-refractivity contribution in [1.29, 1.82) is 0 Å². The number of hydrogen-bond donors (Lipinski definition) is 1. The molecule has 0 aromatic heterocycles. The van der Waals surface area contributed by atoms with Crippen LogP contribution in [0.15, 0.2) is 48.5 Å². The van der Waals surface area contributed by atoms with E-state index in [-0.39, 0.29) is 11.9 Å². The van der Waals surface area contributed by atoms with Crippen LogP contribution in [0.5, 0.6) is 0 Å². The van der Waals surface area contributed by atoms with Gasteiger partial charge in [0.25, 0.3) is 5.91 Å². The van der Waals surface area contributed by atoms with E-state index in [1.54, 1.807) is 0 Å². The van der Waals surface area contributed by atoms with Gasteiger partial charge in [0.15, 0.2) is 0 Å². The predicted molar refractivity (Wildman–Crippen MR) is 84.2 cm³/mol. The molecule has 0 saturated heterocycles. The molecule has 21 heavy (non-hydrogen) atoms. The largest absolute Gasteiger partial charge is 0.336 e. The summed E-state index contributed by atoms with van der Waals surface area (Å²) in [5, 5.41) is 0. The molecule has 2 aromatic carbocycles. The fourth-order valence-corrected chi connectivity index (χ4v) is 2.80. The summed E-state index contributed by atoms with van der Waals surface area (Å²) in [6.07, 6.45) is 0.905. The Hall–Kier alpha value is -2.13. The molecule has 0 spiro atoms. The summed E-state index contributed by atoms with van der Waals surface area (Å²) < 4.78 is 0. The Morgan fingerprint density at radius 1 is 1.14 bits per heavy atom. The third-order valence-electron chi connectivity index (χ3n) is 4.11. The second kappa shape index (κ2) is 5.70. The van der Waals surface area contributed by atoms with Gasteiger partial charge in [-0.05, 0) is 30.5 Å². The normalized spacial score (nSPS) is 15.7. The number of aryl methyl sites for hydroxylation is 1. The van der Waals surface area contributed by atoms with Crippen LogP contribution < -0.4 is 5.73 Å². The fraction of sp³-hybridized carbons (Fsp3) is 0.278. The van der Waals surface area contributed by atoms with E-state index < -0.39 is 0 Å². The van der Waals surface area contributed by atoms with Crippen molar-refractivity contribution >= 4 is 5.91 Å². The minimum Gasteiger partial charge on any atom is -0.336 e. The van der Waals surface area contributed by atoms with Crippen LogP contribution in [-0.4, -0.2) is 23.9 Å². The van der Waals surface area contributed by atoms with Gasteiger partial charge < -0.3 is 10.6 Å². The minimum atomic E-state index is -0.139. The van der Waals surface area contributed by atoms with E-state index in [0.717, 1.165) is 29.7 Å². The summed E-state index contributed by atoms with van der Waals surface area (Å²) in [5.41, 5.74) is 10.5. The SMILES string of the molecule is Cc1ccc(C(N)CN2CCc3ccccc3C2=O)cc1. The molecule has 3 rings (SSSR count). The van der Waals surface area contributed by atoms with E-state index >= 15 is 0 Å². The van der Waals surface area contributed by atoms with Gasteiger partial charge >= 0.3 is 0 Å². The highest BCUT2D eigenvalue weighted by Gasteiger charge is 2.25. The van der Waals surface area contributed by atoms with Crippen LogP contribution in [-0.2, 0) is 6.42 Å². The first-order valence-corrected chi connectivity index (χ1v) is 7.34. The Morgan fingerprint density at radius 2 is 1.86 bits per heavy atom. The van der Waals surface area contributed by atoms with Crippen molar-refractivity contribution in [2.45, 2.75) is 19.4 Å². The van der Waals surface area contributed by atoms with E-state index in [1.165, 1.54) is 5.56 Å². The Bertz CT molecular complexity index is 649. The summed E-state index contributed by atoms with van der Waals surface area (Å²) in [6.45, 7) is 3.37. The maximum atomic E-state index is 12.5. The van der Waals surface area contributed by atoms with Crippen LogP contribution in [0, 0.1) is 6.92 Å². The number of amides is 1. The van der Waals surface area contributed by atoms with Crippen molar-refractivity contribution < 1.29 is 4.79 Å². The second-order valence-corrected chi connectivity index (χ2v) is 5.68. The average molecular weight is 280 g/mol. The Kier molecular flexibility index (Phi) is 3.76. The molecular weight excluding hydrogens is 260 g/mol. The molecule has 1 unspecified atom stereocenters. The summed E-state index contributed by atoms with van der Waals surface area (Å²) in [4.78, 5) is 14.4. The van der Waals surface area contributed by atoms with Crippen molar-refractivity contribution in [3.63, 3.8) is 0 Å². The average Bonchev–Trinajstić information content (AvgIpc) is 2.51. The van der Waals surface area contributed by atoms with Crippen LogP contribution in [0.25, 0.3) is 0 Å². The zero-order valence-corrected chi connectivity index (χ0v) is 12.3. The van der Waals surface area contributed by atoms with Gasteiger partial charge in [-0.15, -0.1) is 0 Å². The monoisotopic (exact) mass is 280 g/mol. The van der Waals surface area contributed by atoms with Gasteiger partial charge in [-0.3, -0.25) is 4.79 Å². The summed E-state index contributed by atoms with van der Waals surface area (Å²) >= 11 is 0. The highest BCUT2D eigenvalue weighted by Crippen LogP contribution is 2.21. The van der Waals surface area contributed by atoms with Crippen LogP contribution in [0.4, 0.5) is 0 Å². The first-order chi connectivity index (χ1) is 10.1. The summed E-state index contributed by atoms with van der Waals surface area (Å²) in [7, 11) is 0. The number of nitrogens with two attached hydrogens (primary N) is 1. The molecule has 1 atom stereocenters.